The van der Waals surface area contributed by atoms with E-state index in [2.05, 4.69) is 34.3 Å². The standard InChI is InChI=1S/C32H47F3O4S/c1-19(2)21-11-16-31(20(3)36)18-17-29(7)22(26(21)31)9-10-24-28(6)14-13-25(39-40(37,38)32(33,34)35)27(4,5)23(28)12-15-30(24,29)8/h13,21-24,26H,1,9-12,14-18H2,2-8H3/t21-,22+,23-,24+,26+,28-,29+,30+,31+/m0/s1. The molecule has 0 aromatic heterocycles. The van der Waals surface area contributed by atoms with Gasteiger partial charge < -0.3 is 4.18 Å². The van der Waals surface area contributed by atoms with Gasteiger partial charge in [-0.2, -0.15) is 21.6 Å². The van der Waals surface area contributed by atoms with Gasteiger partial charge in [0.1, 0.15) is 11.5 Å². The molecule has 9 atom stereocenters. The van der Waals surface area contributed by atoms with Crippen LogP contribution in [0.15, 0.2) is 24.0 Å². The molecule has 0 heterocycles. The maximum atomic E-state index is 13.3. The Labute approximate surface area is 238 Å². The number of rotatable bonds is 4. The van der Waals surface area contributed by atoms with Crippen molar-refractivity contribution in [2.75, 3.05) is 0 Å². The minimum atomic E-state index is -5.72. The fourth-order valence-electron chi connectivity index (χ4n) is 11.6. The van der Waals surface area contributed by atoms with E-state index >= 15 is 0 Å². The van der Waals surface area contributed by atoms with Crippen LogP contribution in [0.4, 0.5) is 13.2 Å². The number of carbonyl (C=O) groups is 1. The van der Waals surface area contributed by atoms with Crippen LogP contribution in [0, 0.1) is 56.7 Å². The largest absolute Gasteiger partial charge is 0.534 e. The van der Waals surface area contributed by atoms with Crippen molar-refractivity contribution in [2.24, 2.45) is 56.7 Å². The molecule has 0 saturated heterocycles. The number of fused-ring (bicyclic) bond motifs is 7. The summed E-state index contributed by atoms with van der Waals surface area (Å²) >= 11 is 0. The number of alkyl halides is 3. The first-order valence-corrected chi connectivity index (χ1v) is 16.5. The first kappa shape index (κ1) is 30.2. The van der Waals surface area contributed by atoms with Crippen molar-refractivity contribution in [3.8, 4) is 0 Å². The van der Waals surface area contributed by atoms with Gasteiger partial charge in [-0.05, 0) is 124 Å². The molecule has 0 aromatic rings. The summed E-state index contributed by atoms with van der Waals surface area (Å²) in [6.07, 6.45) is 9.86. The van der Waals surface area contributed by atoms with E-state index in [0.29, 0.717) is 35.9 Å². The highest BCUT2D eigenvalue weighted by Gasteiger charge is 2.71. The third kappa shape index (κ3) is 3.75. The number of ketones is 1. The van der Waals surface area contributed by atoms with Crippen LogP contribution in [0.25, 0.3) is 0 Å². The van der Waals surface area contributed by atoms with Crippen LogP contribution in [-0.4, -0.2) is 19.7 Å². The molecule has 0 radical (unpaired) electrons. The second kappa shape index (κ2) is 8.86. The highest BCUT2D eigenvalue weighted by Crippen LogP contribution is 2.77. The lowest BCUT2D eigenvalue weighted by Crippen LogP contribution is -2.66. The number of halogens is 3. The van der Waals surface area contributed by atoms with Crippen LogP contribution < -0.4 is 0 Å². The van der Waals surface area contributed by atoms with Gasteiger partial charge in [-0.15, -0.1) is 0 Å². The number of Topliss-reactive ketones (excluding diaryl/α,β-unsaturated/α-hetero) is 1. The average molecular weight is 585 g/mol. The molecule has 40 heavy (non-hydrogen) atoms. The van der Waals surface area contributed by atoms with Crippen LogP contribution in [0.2, 0.25) is 0 Å². The van der Waals surface area contributed by atoms with Crippen molar-refractivity contribution in [1.82, 2.24) is 0 Å². The van der Waals surface area contributed by atoms with E-state index in [4.69, 9.17) is 4.18 Å². The van der Waals surface area contributed by atoms with Gasteiger partial charge in [0.2, 0.25) is 0 Å². The Balaban J connectivity index is 1.52. The molecule has 8 heteroatoms. The Hall–Kier alpha value is -1.31. The lowest BCUT2D eigenvalue weighted by molar-refractivity contribution is -0.227. The van der Waals surface area contributed by atoms with E-state index in [9.17, 15) is 26.4 Å². The van der Waals surface area contributed by atoms with Crippen molar-refractivity contribution in [1.29, 1.82) is 0 Å². The molecule has 4 fully saturated rings. The summed E-state index contributed by atoms with van der Waals surface area (Å²) < 4.78 is 68.3. The van der Waals surface area contributed by atoms with Crippen LogP contribution >= 0.6 is 0 Å². The average Bonchev–Trinajstić information content (AvgIpc) is 3.22. The maximum Gasteiger partial charge on any atom is 0.534 e. The number of hydrogen-bond acceptors (Lipinski definition) is 4. The van der Waals surface area contributed by atoms with E-state index < -0.39 is 21.0 Å². The summed E-state index contributed by atoms with van der Waals surface area (Å²) in [6, 6.07) is 0. The highest BCUT2D eigenvalue weighted by molar-refractivity contribution is 7.87. The first-order valence-electron chi connectivity index (χ1n) is 15.1. The molecular formula is C32H47F3O4S. The molecule has 0 aliphatic heterocycles. The molecule has 0 bridgehead atoms. The Morgan fingerprint density at radius 3 is 2.15 bits per heavy atom. The second-order valence-corrected chi connectivity index (χ2v) is 16.9. The minimum Gasteiger partial charge on any atom is -0.380 e. The Morgan fingerprint density at radius 2 is 1.57 bits per heavy atom. The van der Waals surface area contributed by atoms with Gasteiger partial charge in [-0.3, -0.25) is 4.79 Å². The minimum absolute atomic E-state index is 0.00351. The van der Waals surface area contributed by atoms with Gasteiger partial charge in [0.05, 0.1) is 0 Å². The van der Waals surface area contributed by atoms with E-state index in [1.807, 2.05) is 13.8 Å². The van der Waals surface area contributed by atoms with Crippen LogP contribution in [0.5, 0.6) is 0 Å². The quantitative estimate of drug-likeness (QED) is 0.189. The van der Waals surface area contributed by atoms with E-state index in [0.717, 1.165) is 51.4 Å². The van der Waals surface area contributed by atoms with Crippen molar-refractivity contribution in [2.45, 2.75) is 112 Å². The first-order chi connectivity index (χ1) is 18.2. The molecule has 4 saturated carbocycles. The van der Waals surface area contributed by atoms with E-state index in [1.54, 1.807) is 13.0 Å². The van der Waals surface area contributed by atoms with Crippen molar-refractivity contribution in [3.05, 3.63) is 24.0 Å². The van der Waals surface area contributed by atoms with Gasteiger partial charge >= 0.3 is 15.6 Å². The van der Waals surface area contributed by atoms with Gasteiger partial charge in [0, 0.05) is 10.8 Å². The Kier molecular flexibility index (Phi) is 6.68. The van der Waals surface area contributed by atoms with Gasteiger partial charge in [-0.25, -0.2) is 0 Å². The van der Waals surface area contributed by atoms with Crippen LogP contribution in [0.1, 0.15) is 106 Å². The second-order valence-electron chi connectivity index (χ2n) is 15.4. The molecule has 0 N–H and O–H groups in total. The predicted molar refractivity (Wildman–Crippen MR) is 149 cm³/mol. The van der Waals surface area contributed by atoms with Crippen molar-refractivity contribution in [3.63, 3.8) is 0 Å². The molecule has 5 rings (SSSR count). The van der Waals surface area contributed by atoms with Crippen molar-refractivity contribution < 1.29 is 30.6 Å². The highest BCUT2D eigenvalue weighted by atomic mass is 32.2. The summed E-state index contributed by atoms with van der Waals surface area (Å²) in [5, 5.41) is 0. The zero-order valence-electron chi connectivity index (χ0n) is 25.2. The van der Waals surface area contributed by atoms with Crippen LogP contribution in [-0.2, 0) is 19.1 Å². The Bertz CT molecular complexity index is 1250. The molecule has 0 amide bonds. The molecule has 5 aliphatic rings. The maximum absolute atomic E-state index is 13.3. The molecular weight excluding hydrogens is 537 g/mol. The topological polar surface area (TPSA) is 60.4 Å². The zero-order chi connectivity index (χ0) is 29.9. The molecule has 5 aliphatic carbocycles. The molecule has 0 aromatic carbocycles. The summed E-state index contributed by atoms with van der Waals surface area (Å²) in [5.41, 5.74) is -5.51. The predicted octanol–water partition coefficient (Wildman–Crippen LogP) is 8.59. The number of carbonyl (C=O) groups excluding carboxylic acids is 1. The van der Waals surface area contributed by atoms with Crippen LogP contribution in [0.3, 0.4) is 0 Å². The Morgan fingerprint density at radius 1 is 0.925 bits per heavy atom. The molecule has 0 spiro atoms. The number of allylic oxidation sites excluding steroid dienone is 3. The summed E-state index contributed by atoms with van der Waals surface area (Å²) in [4.78, 5) is 13.3. The third-order valence-electron chi connectivity index (χ3n) is 13.8. The van der Waals surface area contributed by atoms with Gasteiger partial charge in [0.15, 0.2) is 0 Å². The van der Waals surface area contributed by atoms with Crippen molar-refractivity contribution >= 4 is 15.9 Å². The number of hydrogen-bond donors (Lipinski definition) is 0. The van der Waals surface area contributed by atoms with E-state index in [1.165, 1.54) is 5.57 Å². The van der Waals surface area contributed by atoms with E-state index in [-0.39, 0.29) is 33.3 Å². The van der Waals surface area contributed by atoms with Gasteiger partial charge in [-0.1, -0.05) is 46.8 Å². The fourth-order valence-corrected chi connectivity index (χ4v) is 12.2. The molecule has 4 nitrogen and oxygen atoms in total. The SMILES string of the molecule is C=C(C)[C@@H]1CC[C@]2(C(C)=O)CC[C@]3(C)[C@H](CC[C@@H]4[C@@]5(C)CC=C(OS(=O)(=O)C(F)(F)F)C(C)(C)[C@@H]5CC[C@]43C)[C@@H]12. The zero-order valence-corrected chi connectivity index (χ0v) is 26.0. The third-order valence-corrected chi connectivity index (χ3v) is 14.7. The lowest BCUT2D eigenvalue weighted by Gasteiger charge is -2.72. The molecule has 226 valence electrons. The van der Waals surface area contributed by atoms with Gasteiger partial charge in [0.25, 0.3) is 0 Å². The summed E-state index contributed by atoms with van der Waals surface area (Å²) in [6.45, 7) is 19.2. The fraction of sp³-hybridized carbons (Fsp3) is 0.844. The summed E-state index contributed by atoms with van der Waals surface area (Å²) in [7, 11) is -5.72. The normalized spacial score (nSPS) is 46.2. The molecule has 0 unspecified atom stereocenters. The monoisotopic (exact) mass is 584 g/mol. The smallest absolute Gasteiger partial charge is 0.380 e. The lowest BCUT2D eigenvalue weighted by atomic mass is 9.32. The summed E-state index contributed by atoms with van der Waals surface area (Å²) in [5.74, 6) is 1.72.